The van der Waals surface area contributed by atoms with E-state index in [0.717, 1.165) is 19.0 Å². The second-order valence-electron chi connectivity index (χ2n) is 8.44. The number of ether oxygens (including phenoxy) is 1. The number of piperidine rings is 1. The third-order valence-electron chi connectivity index (χ3n) is 6.82. The Morgan fingerprint density at radius 2 is 1.88 bits per heavy atom. The van der Waals surface area contributed by atoms with E-state index in [-0.39, 0.29) is 0 Å². The van der Waals surface area contributed by atoms with E-state index in [4.69, 9.17) is 4.74 Å². The van der Waals surface area contributed by atoms with Crippen molar-refractivity contribution in [3.8, 4) is 0 Å². The molecule has 0 radical (unpaired) electrons. The van der Waals surface area contributed by atoms with Gasteiger partial charge >= 0.3 is 0 Å². The number of nitrogens with one attached hydrogen (secondary N) is 2. The summed E-state index contributed by atoms with van der Waals surface area (Å²) in [7, 11) is 1.90. The maximum Gasteiger partial charge on any atom is 0.191 e. The molecule has 144 valence electrons. The predicted molar refractivity (Wildman–Crippen MR) is 104 cm³/mol. The van der Waals surface area contributed by atoms with Crippen LogP contribution in [0.4, 0.5) is 0 Å². The highest BCUT2D eigenvalue weighted by Gasteiger charge is 2.57. The molecule has 2 saturated carbocycles. The Bertz CT molecular complexity index is 451. The summed E-state index contributed by atoms with van der Waals surface area (Å²) in [4.78, 5) is 7.09. The first-order chi connectivity index (χ1) is 12.1. The van der Waals surface area contributed by atoms with Crippen LogP contribution < -0.4 is 10.6 Å². The van der Waals surface area contributed by atoms with E-state index < -0.39 is 0 Å². The first-order valence-electron chi connectivity index (χ1n) is 10.4. The zero-order chi connectivity index (χ0) is 17.9. The molecular weight excluding hydrogens is 312 g/mol. The number of hydrogen-bond donors (Lipinski definition) is 2. The van der Waals surface area contributed by atoms with Gasteiger partial charge in [-0.3, -0.25) is 4.99 Å². The van der Waals surface area contributed by atoms with E-state index in [1.54, 1.807) is 0 Å². The van der Waals surface area contributed by atoms with Crippen LogP contribution in [0.2, 0.25) is 0 Å². The normalized spacial score (nSPS) is 30.7. The molecular formula is C20H38N4O. The summed E-state index contributed by atoms with van der Waals surface area (Å²) in [5.74, 6) is 0.995. The molecule has 0 aromatic carbocycles. The number of aliphatic imine (C=N–C) groups is 1. The Hall–Kier alpha value is -0.810. The maximum absolute atomic E-state index is 6.04. The van der Waals surface area contributed by atoms with E-state index in [9.17, 15) is 0 Å². The fourth-order valence-corrected chi connectivity index (χ4v) is 5.18. The van der Waals surface area contributed by atoms with Crippen molar-refractivity contribution in [2.75, 3.05) is 26.7 Å². The minimum Gasteiger partial charge on any atom is -0.378 e. The number of guanidine groups is 1. The molecule has 2 aliphatic carbocycles. The monoisotopic (exact) mass is 350 g/mol. The molecule has 1 aliphatic heterocycles. The molecule has 0 bridgehead atoms. The molecule has 3 rings (SSSR count). The van der Waals surface area contributed by atoms with Crippen molar-refractivity contribution in [2.24, 2.45) is 10.4 Å². The van der Waals surface area contributed by atoms with Gasteiger partial charge in [-0.15, -0.1) is 0 Å². The molecule has 2 unspecified atom stereocenters. The molecule has 1 heterocycles. The Morgan fingerprint density at radius 3 is 2.44 bits per heavy atom. The third kappa shape index (κ3) is 3.97. The van der Waals surface area contributed by atoms with Gasteiger partial charge in [-0.1, -0.05) is 12.8 Å². The summed E-state index contributed by atoms with van der Waals surface area (Å²) in [5, 5.41) is 7.44. The number of likely N-dealkylation sites (tertiary alicyclic amines) is 1. The van der Waals surface area contributed by atoms with E-state index >= 15 is 0 Å². The largest absolute Gasteiger partial charge is 0.378 e. The fraction of sp³-hybridized carbons (Fsp3) is 0.950. The Morgan fingerprint density at radius 1 is 1.20 bits per heavy atom. The lowest BCUT2D eigenvalue weighted by atomic mass is 9.60. The highest BCUT2D eigenvalue weighted by atomic mass is 16.5. The van der Waals surface area contributed by atoms with Gasteiger partial charge in [0, 0.05) is 50.3 Å². The molecule has 3 aliphatic rings. The summed E-state index contributed by atoms with van der Waals surface area (Å²) in [5.41, 5.74) is 0.356. The Kier molecular flexibility index (Phi) is 6.26. The quantitative estimate of drug-likeness (QED) is 0.591. The van der Waals surface area contributed by atoms with Crippen LogP contribution in [0.15, 0.2) is 4.99 Å². The Labute approximate surface area is 154 Å². The van der Waals surface area contributed by atoms with Crippen LogP contribution in [0.3, 0.4) is 0 Å². The van der Waals surface area contributed by atoms with E-state index in [1.807, 2.05) is 7.05 Å². The minimum absolute atomic E-state index is 0.356. The fourth-order valence-electron chi connectivity index (χ4n) is 5.18. The van der Waals surface area contributed by atoms with Gasteiger partial charge < -0.3 is 20.3 Å². The Balaban J connectivity index is 1.51. The second kappa shape index (κ2) is 8.26. The number of hydrogen-bond acceptors (Lipinski definition) is 3. The van der Waals surface area contributed by atoms with Gasteiger partial charge in [-0.2, -0.15) is 0 Å². The first kappa shape index (κ1) is 19.0. The van der Waals surface area contributed by atoms with Gasteiger partial charge in [0.25, 0.3) is 0 Å². The van der Waals surface area contributed by atoms with E-state index in [1.165, 1.54) is 51.6 Å². The predicted octanol–water partition coefficient (Wildman–Crippen LogP) is 2.76. The van der Waals surface area contributed by atoms with Crippen LogP contribution in [0.25, 0.3) is 0 Å². The SMILES string of the molecule is CCOC1CC(NC(=NC)NC2CCN(C(C)C)CC2)C12CCCC2. The molecule has 5 nitrogen and oxygen atoms in total. The minimum atomic E-state index is 0.356. The van der Waals surface area contributed by atoms with Crippen molar-refractivity contribution in [3.05, 3.63) is 0 Å². The zero-order valence-corrected chi connectivity index (χ0v) is 16.7. The van der Waals surface area contributed by atoms with Crippen LogP contribution in [-0.4, -0.2) is 61.8 Å². The van der Waals surface area contributed by atoms with Gasteiger partial charge in [0.1, 0.15) is 0 Å². The van der Waals surface area contributed by atoms with Crippen molar-refractivity contribution < 1.29 is 4.74 Å². The van der Waals surface area contributed by atoms with Gasteiger partial charge in [0.05, 0.1) is 6.10 Å². The average molecular weight is 351 g/mol. The number of rotatable bonds is 5. The molecule has 0 aromatic heterocycles. The molecule has 2 N–H and O–H groups in total. The molecule has 2 atom stereocenters. The first-order valence-corrected chi connectivity index (χ1v) is 10.4. The lowest BCUT2D eigenvalue weighted by Gasteiger charge is -2.54. The summed E-state index contributed by atoms with van der Waals surface area (Å²) in [6.45, 7) is 9.91. The van der Waals surface area contributed by atoms with Crippen LogP contribution in [-0.2, 0) is 4.74 Å². The molecule has 5 heteroatoms. The van der Waals surface area contributed by atoms with Crippen LogP contribution in [0.5, 0.6) is 0 Å². The smallest absolute Gasteiger partial charge is 0.191 e. The van der Waals surface area contributed by atoms with Crippen molar-refractivity contribution in [1.29, 1.82) is 0 Å². The van der Waals surface area contributed by atoms with Gasteiger partial charge in [0.15, 0.2) is 5.96 Å². The molecule has 1 saturated heterocycles. The highest BCUT2D eigenvalue weighted by molar-refractivity contribution is 5.80. The van der Waals surface area contributed by atoms with Crippen molar-refractivity contribution in [2.45, 2.75) is 89.9 Å². The molecule has 3 fully saturated rings. The van der Waals surface area contributed by atoms with E-state index in [0.29, 0.717) is 29.6 Å². The summed E-state index contributed by atoms with van der Waals surface area (Å²) >= 11 is 0. The van der Waals surface area contributed by atoms with Crippen LogP contribution >= 0.6 is 0 Å². The number of nitrogens with zero attached hydrogens (tertiary/aromatic N) is 2. The standard InChI is InChI=1S/C20H38N4O/c1-5-25-18-14-17(20(18)10-6-7-11-20)23-19(21-4)22-16-8-12-24(13-9-16)15(2)3/h15-18H,5-14H2,1-4H3,(H2,21,22,23). The topological polar surface area (TPSA) is 48.9 Å². The highest BCUT2D eigenvalue weighted by Crippen LogP contribution is 2.54. The lowest BCUT2D eigenvalue weighted by Crippen LogP contribution is -2.65. The van der Waals surface area contributed by atoms with Gasteiger partial charge in [0.2, 0.25) is 0 Å². The van der Waals surface area contributed by atoms with E-state index in [2.05, 4.69) is 41.3 Å². The lowest BCUT2D eigenvalue weighted by molar-refractivity contribution is -0.125. The molecule has 0 amide bonds. The summed E-state index contributed by atoms with van der Waals surface area (Å²) in [6.07, 6.45) is 9.29. The van der Waals surface area contributed by atoms with Crippen molar-refractivity contribution in [1.82, 2.24) is 15.5 Å². The van der Waals surface area contributed by atoms with Gasteiger partial charge in [-0.05, 0) is 52.9 Å². The van der Waals surface area contributed by atoms with Crippen LogP contribution in [0.1, 0.15) is 65.7 Å². The molecule has 1 spiro atoms. The van der Waals surface area contributed by atoms with Crippen molar-refractivity contribution in [3.63, 3.8) is 0 Å². The molecule has 0 aromatic rings. The van der Waals surface area contributed by atoms with Gasteiger partial charge in [-0.25, -0.2) is 0 Å². The second-order valence-corrected chi connectivity index (χ2v) is 8.44. The van der Waals surface area contributed by atoms with Crippen molar-refractivity contribution >= 4 is 5.96 Å². The summed E-state index contributed by atoms with van der Waals surface area (Å²) < 4.78 is 6.04. The third-order valence-corrected chi connectivity index (χ3v) is 6.82. The molecule has 25 heavy (non-hydrogen) atoms. The zero-order valence-electron chi connectivity index (χ0n) is 16.7. The summed E-state index contributed by atoms with van der Waals surface area (Å²) in [6, 6.07) is 1.73. The maximum atomic E-state index is 6.04. The average Bonchev–Trinajstić information content (AvgIpc) is 3.13. The van der Waals surface area contributed by atoms with Crippen LogP contribution in [0, 0.1) is 5.41 Å².